The highest BCUT2D eigenvalue weighted by molar-refractivity contribution is 5.77. The summed E-state index contributed by atoms with van der Waals surface area (Å²) in [5.74, 6) is -0.664. The van der Waals surface area contributed by atoms with Crippen LogP contribution in [0.4, 0.5) is 0 Å². The molecule has 6 heteroatoms. The second kappa shape index (κ2) is 4.90. The number of rotatable bonds is 3. The Kier molecular flexibility index (Phi) is 3.24. The molecule has 3 fully saturated rings. The van der Waals surface area contributed by atoms with Crippen LogP contribution in [0.15, 0.2) is 30.3 Å². The molecule has 102 valence electrons. The topological polar surface area (TPSA) is 85.2 Å². The molecule has 0 spiro atoms. The van der Waals surface area contributed by atoms with Crippen molar-refractivity contribution in [3.8, 4) is 0 Å². The highest BCUT2D eigenvalue weighted by atomic mass is 16.7. The van der Waals surface area contributed by atoms with E-state index in [4.69, 9.17) is 14.2 Å². The van der Waals surface area contributed by atoms with Crippen molar-refractivity contribution in [1.82, 2.24) is 0 Å². The predicted octanol–water partition coefficient (Wildman–Crippen LogP) is -0.425. The molecule has 3 aliphatic heterocycles. The van der Waals surface area contributed by atoms with E-state index >= 15 is 0 Å². The van der Waals surface area contributed by atoms with Crippen LogP contribution in [0.2, 0.25) is 0 Å². The third-order valence-corrected chi connectivity index (χ3v) is 3.31. The number of aliphatic hydroxyl groups is 2. The lowest BCUT2D eigenvalue weighted by Gasteiger charge is -2.46. The molecule has 5 atom stereocenters. The Labute approximate surface area is 109 Å². The molecule has 19 heavy (non-hydrogen) atoms. The van der Waals surface area contributed by atoms with E-state index < -0.39 is 36.7 Å². The van der Waals surface area contributed by atoms with E-state index in [9.17, 15) is 15.0 Å². The van der Waals surface area contributed by atoms with Gasteiger partial charge in [0.05, 0.1) is 6.61 Å². The first-order valence-corrected chi connectivity index (χ1v) is 6.04. The molecule has 0 amide bonds. The van der Waals surface area contributed by atoms with E-state index in [1.165, 1.54) is 0 Å². The fraction of sp³-hybridized carbons (Fsp3) is 0.462. The molecular weight excluding hydrogens is 252 g/mol. The van der Waals surface area contributed by atoms with Crippen LogP contribution in [0.1, 0.15) is 5.56 Å². The van der Waals surface area contributed by atoms with Gasteiger partial charge in [-0.15, -0.1) is 0 Å². The van der Waals surface area contributed by atoms with Crippen LogP contribution in [-0.4, -0.2) is 46.9 Å². The molecule has 2 N–H and O–H groups in total. The summed E-state index contributed by atoms with van der Waals surface area (Å²) in [5.41, 5.74) is 0.929. The summed E-state index contributed by atoms with van der Waals surface area (Å²) in [7, 11) is 0. The number of carbonyl (C=O) groups excluding carboxylic acids is 1. The Morgan fingerprint density at radius 1 is 1.21 bits per heavy atom. The molecule has 0 radical (unpaired) electrons. The zero-order valence-electron chi connectivity index (χ0n) is 10.0. The Hall–Kier alpha value is -1.47. The van der Waals surface area contributed by atoms with Gasteiger partial charge in [0.2, 0.25) is 0 Å². The SMILES string of the molecule is O=C1O[C@H]2C(O)O[C@@H]1[C@H](O)[C@H]2OCc1ccccc1. The number of fused-ring (bicyclic) bond motifs is 3. The fourth-order valence-electron chi connectivity index (χ4n) is 2.32. The Bertz CT molecular complexity index is 461. The molecule has 3 aliphatic rings. The first-order chi connectivity index (χ1) is 9.16. The summed E-state index contributed by atoms with van der Waals surface area (Å²) < 4.78 is 15.5. The standard InChI is InChI=1S/C13H14O6/c14-8-9(17-6-7-4-2-1-3-5-7)11-13(16)18-10(8)12(15)19-11/h1-5,8-11,13-14,16H,6H2/t8-,9-,10-,11-,13?/m1/s1. The fourth-order valence-corrected chi connectivity index (χ4v) is 2.32. The normalized spacial score (nSPS) is 37.2. The van der Waals surface area contributed by atoms with Crippen LogP contribution in [0.25, 0.3) is 0 Å². The molecule has 2 bridgehead atoms. The summed E-state index contributed by atoms with van der Waals surface area (Å²) >= 11 is 0. The van der Waals surface area contributed by atoms with Crippen LogP contribution in [0.3, 0.4) is 0 Å². The first-order valence-electron chi connectivity index (χ1n) is 6.04. The summed E-state index contributed by atoms with van der Waals surface area (Å²) in [4.78, 5) is 11.4. The summed E-state index contributed by atoms with van der Waals surface area (Å²) in [5, 5.41) is 19.6. The molecule has 1 aromatic rings. The van der Waals surface area contributed by atoms with Crippen LogP contribution in [0.5, 0.6) is 0 Å². The third-order valence-electron chi connectivity index (χ3n) is 3.31. The lowest BCUT2D eigenvalue weighted by Crippen LogP contribution is -2.67. The quantitative estimate of drug-likeness (QED) is 0.722. The number of aliphatic hydroxyl groups excluding tert-OH is 2. The Morgan fingerprint density at radius 3 is 2.68 bits per heavy atom. The van der Waals surface area contributed by atoms with Crippen LogP contribution in [0, 0.1) is 0 Å². The third kappa shape index (κ3) is 2.23. The van der Waals surface area contributed by atoms with Gasteiger partial charge in [0.15, 0.2) is 18.5 Å². The van der Waals surface area contributed by atoms with Crippen LogP contribution < -0.4 is 0 Å². The van der Waals surface area contributed by atoms with Crippen LogP contribution >= 0.6 is 0 Å². The number of carbonyl (C=O) groups is 1. The molecule has 0 saturated carbocycles. The maximum absolute atomic E-state index is 11.4. The Balaban J connectivity index is 1.69. The molecular formula is C13H14O6. The largest absolute Gasteiger partial charge is 0.452 e. The number of hydrogen-bond donors (Lipinski definition) is 2. The maximum atomic E-state index is 11.4. The van der Waals surface area contributed by atoms with Gasteiger partial charge in [0.25, 0.3) is 0 Å². The van der Waals surface area contributed by atoms with Gasteiger partial charge in [-0.05, 0) is 5.56 Å². The van der Waals surface area contributed by atoms with Gasteiger partial charge in [0.1, 0.15) is 12.2 Å². The van der Waals surface area contributed by atoms with Gasteiger partial charge < -0.3 is 24.4 Å². The van der Waals surface area contributed by atoms with Crippen LogP contribution in [-0.2, 0) is 25.6 Å². The molecule has 3 saturated heterocycles. The molecule has 0 aromatic heterocycles. The molecule has 1 unspecified atom stereocenters. The lowest BCUT2D eigenvalue weighted by molar-refractivity contribution is -0.325. The molecule has 3 heterocycles. The Morgan fingerprint density at radius 2 is 1.95 bits per heavy atom. The summed E-state index contributed by atoms with van der Waals surface area (Å²) in [6.45, 7) is 0.260. The molecule has 4 rings (SSSR count). The number of esters is 1. The second-order valence-electron chi connectivity index (χ2n) is 4.60. The highest BCUT2D eigenvalue weighted by Crippen LogP contribution is 2.31. The van der Waals surface area contributed by atoms with Crippen molar-refractivity contribution < 1.29 is 29.2 Å². The monoisotopic (exact) mass is 266 g/mol. The van der Waals surface area contributed by atoms with Crippen molar-refractivity contribution in [2.75, 3.05) is 0 Å². The van der Waals surface area contributed by atoms with E-state index in [0.717, 1.165) is 5.56 Å². The smallest absolute Gasteiger partial charge is 0.338 e. The van der Waals surface area contributed by atoms with Gasteiger partial charge in [0, 0.05) is 0 Å². The predicted molar refractivity (Wildman–Crippen MR) is 61.8 cm³/mol. The molecule has 6 nitrogen and oxygen atoms in total. The highest BCUT2D eigenvalue weighted by Gasteiger charge is 2.56. The van der Waals surface area contributed by atoms with Gasteiger partial charge in [-0.3, -0.25) is 0 Å². The van der Waals surface area contributed by atoms with Gasteiger partial charge in [-0.25, -0.2) is 4.79 Å². The first kappa shape index (κ1) is 12.6. The van der Waals surface area contributed by atoms with E-state index in [2.05, 4.69) is 0 Å². The van der Waals surface area contributed by atoms with Crippen molar-refractivity contribution >= 4 is 5.97 Å². The number of ether oxygens (including phenoxy) is 3. The summed E-state index contributed by atoms with van der Waals surface area (Å²) in [6.07, 6.45) is -5.34. The average Bonchev–Trinajstić information content (AvgIpc) is 2.42. The minimum absolute atomic E-state index is 0.260. The number of hydrogen-bond acceptors (Lipinski definition) is 6. The van der Waals surface area contributed by atoms with Crippen molar-refractivity contribution in [2.24, 2.45) is 0 Å². The average molecular weight is 266 g/mol. The van der Waals surface area contributed by atoms with E-state index in [1.807, 2.05) is 30.3 Å². The van der Waals surface area contributed by atoms with E-state index in [0.29, 0.717) is 0 Å². The second-order valence-corrected chi connectivity index (χ2v) is 4.60. The van der Waals surface area contributed by atoms with Crippen molar-refractivity contribution in [3.05, 3.63) is 35.9 Å². The minimum atomic E-state index is -1.26. The maximum Gasteiger partial charge on any atom is 0.338 e. The van der Waals surface area contributed by atoms with Crippen molar-refractivity contribution in [1.29, 1.82) is 0 Å². The lowest BCUT2D eigenvalue weighted by atomic mass is 9.95. The van der Waals surface area contributed by atoms with E-state index in [1.54, 1.807) is 0 Å². The zero-order valence-corrected chi connectivity index (χ0v) is 10.0. The molecule has 0 aliphatic carbocycles. The zero-order chi connectivity index (χ0) is 13.4. The summed E-state index contributed by atoms with van der Waals surface area (Å²) in [6, 6.07) is 9.40. The van der Waals surface area contributed by atoms with Gasteiger partial charge >= 0.3 is 5.97 Å². The number of benzene rings is 1. The van der Waals surface area contributed by atoms with Crippen molar-refractivity contribution in [3.63, 3.8) is 0 Å². The van der Waals surface area contributed by atoms with Gasteiger partial charge in [-0.1, -0.05) is 30.3 Å². The van der Waals surface area contributed by atoms with Crippen molar-refractivity contribution in [2.45, 2.75) is 37.3 Å². The van der Waals surface area contributed by atoms with E-state index in [-0.39, 0.29) is 6.61 Å². The van der Waals surface area contributed by atoms with Gasteiger partial charge in [-0.2, -0.15) is 0 Å². The molecule has 1 aromatic carbocycles. The minimum Gasteiger partial charge on any atom is -0.452 e.